The maximum Gasteiger partial charge on any atom is 0.0842 e. The number of hydrogen-bond acceptors (Lipinski definition) is 3. The molecule has 0 aliphatic rings. The van der Waals surface area contributed by atoms with Crippen LogP contribution in [0.15, 0.2) is 0 Å². The predicted octanol–water partition coefficient (Wildman–Crippen LogP) is 2.99. The van der Waals surface area contributed by atoms with Gasteiger partial charge in [-0.1, -0.05) is 40.0 Å². The van der Waals surface area contributed by atoms with Gasteiger partial charge in [0.15, 0.2) is 0 Å². The van der Waals surface area contributed by atoms with E-state index in [4.69, 9.17) is 10.6 Å². The van der Waals surface area contributed by atoms with Crippen LogP contribution in [0.5, 0.6) is 0 Å². The Morgan fingerprint density at radius 1 is 1.12 bits per heavy atom. The van der Waals surface area contributed by atoms with Gasteiger partial charge < -0.3 is 4.74 Å². The molecule has 0 amide bonds. The molecule has 0 fully saturated rings. The van der Waals surface area contributed by atoms with Crippen LogP contribution in [0.3, 0.4) is 0 Å². The standard InChI is InChI=1S/C13H30N2O/c1-5-9-10-11-12(15-14)13(6-2,7-3)16-8-4/h12,15H,5-11,14H2,1-4H3. The van der Waals surface area contributed by atoms with E-state index >= 15 is 0 Å². The lowest BCUT2D eigenvalue weighted by atomic mass is 9.85. The summed E-state index contributed by atoms with van der Waals surface area (Å²) in [4.78, 5) is 0. The van der Waals surface area contributed by atoms with Gasteiger partial charge >= 0.3 is 0 Å². The number of unbranched alkanes of at least 4 members (excludes halogenated alkanes) is 2. The zero-order chi connectivity index (χ0) is 12.4. The van der Waals surface area contributed by atoms with Crippen molar-refractivity contribution in [2.24, 2.45) is 5.84 Å². The highest BCUT2D eigenvalue weighted by Gasteiger charge is 2.35. The van der Waals surface area contributed by atoms with Gasteiger partial charge in [-0.25, -0.2) is 0 Å². The van der Waals surface area contributed by atoms with Crippen LogP contribution in [0.1, 0.15) is 66.2 Å². The summed E-state index contributed by atoms with van der Waals surface area (Å²) in [6, 6.07) is 0.272. The Bertz CT molecular complexity index is 158. The molecular weight excluding hydrogens is 200 g/mol. The van der Waals surface area contributed by atoms with E-state index in [9.17, 15) is 0 Å². The second kappa shape index (κ2) is 8.97. The van der Waals surface area contributed by atoms with Gasteiger partial charge in [-0.15, -0.1) is 0 Å². The van der Waals surface area contributed by atoms with Crippen LogP contribution in [0, 0.1) is 0 Å². The SMILES string of the molecule is CCCCCC(NN)C(CC)(CC)OCC. The number of hydrogen-bond donors (Lipinski definition) is 2. The minimum atomic E-state index is -0.0861. The van der Waals surface area contributed by atoms with Gasteiger partial charge in [0.05, 0.1) is 11.6 Å². The summed E-state index contributed by atoms with van der Waals surface area (Å²) in [5.41, 5.74) is 2.88. The molecule has 0 aromatic carbocycles. The molecule has 0 aromatic heterocycles. The number of hydrazine groups is 1. The predicted molar refractivity (Wildman–Crippen MR) is 70.2 cm³/mol. The molecule has 0 bridgehead atoms. The van der Waals surface area contributed by atoms with Crippen molar-refractivity contribution in [3.05, 3.63) is 0 Å². The highest BCUT2D eigenvalue weighted by atomic mass is 16.5. The van der Waals surface area contributed by atoms with Crippen LogP contribution in [-0.4, -0.2) is 18.2 Å². The minimum Gasteiger partial charge on any atom is -0.374 e. The minimum absolute atomic E-state index is 0.0861. The molecule has 16 heavy (non-hydrogen) atoms. The summed E-state index contributed by atoms with van der Waals surface area (Å²) < 4.78 is 5.97. The van der Waals surface area contributed by atoms with Gasteiger partial charge in [-0.2, -0.15) is 0 Å². The molecule has 3 N–H and O–H groups in total. The van der Waals surface area contributed by atoms with Crippen LogP contribution in [0.4, 0.5) is 0 Å². The molecule has 0 radical (unpaired) electrons. The molecule has 98 valence electrons. The van der Waals surface area contributed by atoms with Crippen LogP contribution < -0.4 is 11.3 Å². The Kier molecular flexibility index (Phi) is 8.90. The summed E-state index contributed by atoms with van der Waals surface area (Å²) >= 11 is 0. The quantitative estimate of drug-likeness (QED) is 0.344. The van der Waals surface area contributed by atoms with Crippen molar-refractivity contribution < 1.29 is 4.74 Å². The lowest BCUT2D eigenvalue weighted by Crippen LogP contribution is -2.54. The Labute approximate surface area is 101 Å². The maximum atomic E-state index is 5.97. The Morgan fingerprint density at radius 3 is 2.12 bits per heavy atom. The summed E-state index contributed by atoms with van der Waals surface area (Å²) in [7, 11) is 0. The largest absolute Gasteiger partial charge is 0.374 e. The number of ether oxygens (including phenoxy) is 1. The van der Waals surface area contributed by atoms with E-state index in [1.54, 1.807) is 0 Å². The Morgan fingerprint density at radius 2 is 1.75 bits per heavy atom. The molecule has 0 rings (SSSR count). The molecule has 0 aromatic rings. The van der Waals surface area contributed by atoms with E-state index in [0.29, 0.717) is 0 Å². The summed E-state index contributed by atoms with van der Waals surface area (Å²) in [5.74, 6) is 5.69. The fourth-order valence-corrected chi connectivity index (χ4v) is 2.43. The zero-order valence-corrected chi connectivity index (χ0v) is 11.5. The van der Waals surface area contributed by atoms with Crippen LogP contribution in [-0.2, 0) is 4.74 Å². The summed E-state index contributed by atoms with van der Waals surface area (Å²) in [6.45, 7) is 9.40. The molecule has 1 atom stereocenters. The molecule has 0 aliphatic heterocycles. The molecule has 0 saturated carbocycles. The first-order chi connectivity index (χ1) is 7.70. The number of rotatable bonds is 10. The first-order valence-electron chi connectivity index (χ1n) is 6.80. The Balaban J connectivity index is 4.43. The van der Waals surface area contributed by atoms with E-state index in [1.807, 2.05) is 0 Å². The molecule has 0 aliphatic carbocycles. The maximum absolute atomic E-state index is 5.97. The molecule has 1 unspecified atom stereocenters. The highest BCUT2D eigenvalue weighted by molar-refractivity contribution is 4.90. The third kappa shape index (κ3) is 4.40. The van der Waals surface area contributed by atoms with Crippen molar-refractivity contribution in [2.75, 3.05) is 6.61 Å². The van der Waals surface area contributed by atoms with Crippen LogP contribution >= 0.6 is 0 Å². The van der Waals surface area contributed by atoms with Gasteiger partial charge in [0.1, 0.15) is 0 Å². The molecule has 0 heterocycles. The second-order valence-electron chi connectivity index (χ2n) is 4.42. The van der Waals surface area contributed by atoms with Gasteiger partial charge in [0, 0.05) is 6.61 Å². The Hall–Kier alpha value is -0.120. The van der Waals surface area contributed by atoms with E-state index in [1.165, 1.54) is 19.3 Å². The number of nitrogens with two attached hydrogens (primary N) is 1. The second-order valence-corrected chi connectivity index (χ2v) is 4.42. The number of nitrogens with one attached hydrogen (secondary N) is 1. The van der Waals surface area contributed by atoms with Crippen molar-refractivity contribution in [2.45, 2.75) is 77.9 Å². The fourth-order valence-electron chi connectivity index (χ4n) is 2.43. The van der Waals surface area contributed by atoms with Gasteiger partial charge in [0.25, 0.3) is 0 Å². The first-order valence-corrected chi connectivity index (χ1v) is 6.80. The molecular formula is C13H30N2O. The normalized spacial score (nSPS) is 14.1. The molecule has 3 heteroatoms. The highest BCUT2D eigenvalue weighted by Crippen LogP contribution is 2.27. The summed E-state index contributed by atoms with van der Waals surface area (Å²) in [6.07, 6.45) is 6.87. The lowest BCUT2D eigenvalue weighted by molar-refractivity contribution is -0.0742. The van der Waals surface area contributed by atoms with Crippen molar-refractivity contribution in [3.8, 4) is 0 Å². The van der Waals surface area contributed by atoms with Gasteiger partial charge in [0.2, 0.25) is 0 Å². The average molecular weight is 230 g/mol. The average Bonchev–Trinajstić information content (AvgIpc) is 2.32. The monoisotopic (exact) mass is 230 g/mol. The van der Waals surface area contributed by atoms with Crippen LogP contribution in [0.25, 0.3) is 0 Å². The van der Waals surface area contributed by atoms with Crippen molar-refractivity contribution >= 4 is 0 Å². The third-order valence-corrected chi connectivity index (χ3v) is 3.56. The van der Waals surface area contributed by atoms with E-state index in [-0.39, 0.29) is 11.6 Å². The first kappa shape index (κ1) is 15.9. The van der Waals surface area contributed by atoms with Crippen molar-refractivity contribution in [3.63, 3.8) is 0 Å². The van der Waals surface area contributed by atoms with Crippen LogP contribution in [0.2, 0.25) is 0 Å². The van der Waals surface area contributed by atoms with E-state index in [0.717, 1.165) is 25.9 Å². The van der Waals surface area contributed by atoms with Crippen molar-refractivity contribution in [1.29, 1.82) is 0 Å². The zero-order valence-electron chi connectivity index (χ0n) is 11.5. The summed E-state index contributed by atoms with van der Waals surface area (Å²) in [5, 5.41) is 0. The fraction of sp³-hybridized carbons (Fsp3) is 1.00. The molecule has 0 saturated heterocycles. The van der Waals surface area contributed by atoms with E-state index < -0.39 is 0 Å². The van der Waals surface area contributed by atoms with Gasteiger partial charge in [-0.05, 0) is 26.2 Å². The lowest BCUT2D eigenvalue weighted by Gasteiger charge is -2.39. The van der Waals surface area contributed by atoms with E-state index in [2.05, 4.69) is 33.1 Å². The molecule has 3 nitrogen and oxygen atoms in total. The van der Waals surface area contributed by atoms with Crippen molar-refractivity contribution in [1.82, 2.24) is 5.43 Å². The van der Waals surface area contributed by atoms with Gasteiger partial charge in [-0.3, -0.25) is 11.3 Å². The topological polar surface area (TPSA) is 47.3 Å². The third-order valence-electron chi connectivity index (χ3n) is 3.56. The molecule has 0 spiro atoms. The smallest absolute Gasteiger partial charge is 0.0842 e.